The van der Waals surface area contributed by atoms with Crippen LogP contribution < -0.4 is 0 Å². The number of hydrogen-bond donors (Lipinski definition) is 0. The lowest BCUT2D eigenvalue weighted by molar-refractivity contribution is -0.0151. The maximum atomic E-state index is 12.9. The molecule has 0 aromatic rings. The Balaban J connectivity index is 3.00. The first-order chi connectivity index (χ1) is 13.2. The molecule has 0 aliphatic carbocycles. The van der Waals surface area contributed by atoms with Crippen molar-refractivity contribution in [3.05, 3.63) is 0 Å². The molecule has 5 nitrogen and oxygen atoms in total. The Morgan fingerprint density at radius 1 is 0.900 bits per heavy atom. The van der Waals surface area contributed by atoms with E-state index in [0.717, 1.165) is 12.8 Å². The minimum Gasteiger partial charge on any atom is -0.444 e. The van der Waals surface area contributed by atoms with E-state index >= 15 is 0 Å². The predicted octanol–water partition coefficient (Wildman–Crippen LogP) is 6.80. The van der Waals surface area contributed by atoms with Crippen LogP contribution >= 0.6 is 0 Å². The van der Waals surface area contributed by atoms with Crippen molar-refractivity contribution in [1.82, 2.24) is 4.90 Å². The van der Waals surface area contributed by atoms with Crippen LogP contribution in [-0.2, 0) is 13.6 Å². The first-order valence-corrected chi connectivity index (χ1v) is 17.3. The second kappa shape index (κ2) is 9.24. The van der Waals surface area contributed by atoms with Crippen molar-refractivity contribution in [3.63, 3.8) is 0 Å². The van der Waals surface area contributed by atoms with E-state index in [9.17, 15) is 4.79 Å². The standard InChI is InChI=1S/C23H49NO4Si2/c1-21(2,3)27-20(25)24-15-14-19(28-30(12,13)23(7,8)9)16-18(24)17-26-29(10,11)22(4,5)6/h18-19H,14-17H2,1-13H3/t18-,19-/m0/s1. The van der Waals surface area contributed by atoms with Gasteiger partial charge in [-0.2, -0.15) is 0 Å². The summed E-state index contributed by atoms with van der Waals surface area (Å²) in [5.41, 5.74) is -0.504. The summed E-state index contributed by atoms with van der Waals surface area (Å²) in [5.74, 6) is 0. The lowest BCUT2D eigenvalue weighted by atomic mass is 10.0. The summed E-state index contributed by atoms with van der Waals surface area (Å²) in [7, 11) is -3.78. The van der Waals surface area contributed by atoms with Gasteiger partial charge in [0.1, 0.15) is 5.60 Å². The van der Waals surface area contributed by atoms with Crippen LogP contribution in [-0.4, -0.2) is 58.5 Å². The molecule has 1 aliphatic rings. The Labute approximate surface area is 188 Å². The Kier molecular flexibility index (Phi) is 8.52. The number of rotatable bonds is 5. The number of ether oxygens (including phenoxy) is 1. The number of nitrogens with zero attached hydrogens (tertiary/aromatic N) is 1. The first kappa shape index (κ1) is 27.7. The molecule has 178 valence electrons. The highest BCUT2D eigenvalue weighted by Gasteiger charge is 2.43. The number of carbonyl (C=O) groups excluding carboxylic acids is 1. The Morgan fingerprint density at radius 3 is 1.83 bits per heavy atom. The summed E-state index contributed by atoms with van der Waals surface area (Å²) >= 11 is 0. The molecular formula is C23H49NO4Si2. The van der Waals surface area contributed by atoms with Gasteiger partial charge >= 0.3 is 6.09 Å². The van der Waals surface area contributed by atoms with E-state index in [1.807, 2.05) is 25.7 Å². The zero-order chi connectivity index (χ0) is 23.8. The van der Waals surface area contributed by atoms with Gasteiger partial charge in [0.25, 0.3) is 0 Å². The van der Waals surface area contributed by atoms with Gasteiger partial charge in [-0.15, -0.1) is 0 Å². The average Bonchev–Trinajstić information content (AvgIpc) is 2.48. The number of piperidine rings is 1. The number of amides is 1. The molecule has 1 heterocycles. The summed E-state index contributed by atoms with van der Waals surface area (Å²) in [5, 5.41) is 0.303. The molecule has 0 unspecified atom stereocenters. The zero-order valence-corrected chi connectivity index (χ0v) is 24.1. The molecule has 1 aliphatic heterocycles. The van der Waals surface area contributed by atoms with E-state index in [2.05, 4.69) is 67.7 Å². The predicted molar refractivity (Wildman–Crippen MR) is 131 cm³/mol. The second-order valence-corrected chi connectivity index (χ2v) is 22.5. The van der Waals surface area contributed by atoms with Crippen molar-refractivity contribution in [2.75, 3.05) is 13.2 Å². The highest BCUT2D eigenvalue weighted by molar-refractivity contribution is 6.74. The highest BCUT2D eigenvalue weighted by Crippen LogP contribution is 2.40. The van der Waals surface area contributed by atoms with Crippen LogP contribution in [0.2, 0.25) is 36.3 Å². The Morgan fingerprint density at radius 2 is 1.40 bits per heavy atom. The smallest absolute Gasteiger partial charge is 0.410 e. The molecule has 30 heavy (non-hydrogen) atoms. The Hall–Kier alpha value is -0.376. The van der Waals surface area contributed by atoms with E-state index < -0.39 is 22.2 Å². The summed E-state index contributed by atoms with van der Waals surface area (Å²) in [4.78, 5) is 14.8. The van der Waals surface area contributed by atoms with Crippen LogP contribution in [0.15, 0.2) is 0 Å². The van der Waals surface area contributed by atoms with Crippen molar-refractivity contribution < 1.29 is 18.4 Å². The molecule has 0 N–H and O–H groups in total. The van der Waals surface area contributed by atoms with Crippen LogP contribution in [0.5, 0.6) is 0 Å². The van der Waals surface area contributed by atoms with E-state index in [4.69, 9.17) is 13.6 Å². The molecule has 0 saturated carbocycles. The summed E-state index contributed by atoms with van der Waals surface area (Å²) in [6, 6.07) is -0.0162. The fourth-order valence-electron chi connectivity index (χ4n) is 2.95. The van der Waals surface area contributed by atoms with Gasteiger partial charge < -0.3 is 18.5 Å². The van der Waals surface area contributed by atoms with Crippen molar-refractivity contribution in [2.45, 2.75) is 129 Å². The number of likely N-dealkylation sites (tertiary alicyclic amines) is 1. The maximum absolute atomic E-state index is 12.9. The summed E-state index contributed by atoms with van der Waals surface area (Å²) < 4.78 is 19.0. The quantitative estimate of drug-likeness (QED) is 0.424. The molecule has 2 atom stereocenters. The fourth-order valence-corrected chi connectivity index (χ4v) is 5.40. The van der Waals surface area contributed by atoms with Gasteiger partial charge in [-0.3, -0.25) is 0 Å². The van der Waals surface area contributed by atoms with Crippen LogP contribution in [0.1, 0.15) is 75.2 Å². The van der Waals surface area contributed by atoms with E-state index in [1.165, 1.54) is 0 Å². The molecule has 1 fully saturated rings. The normalized spacial score (nSPS) is 22.2. The van der Waals surface area contributed by atoms with E-state index in [0.29, 0.717) is 13.2 Å². The third kappa shape index (κ3) is 7.64. The SMILES string of the molecule is CC(C)(C)OC(=O)N1CC[C@H](O[Si](C)(C)C(C)(C)C)C[C@H]1CO[Si](C)(C)C(C)(C)C. The van der Waals surface area contributed by atoms with Gasteiger partial charge in [0, 0.05) is 12.6 Å². The van der Waals surface area contributed by atoms with Crippen LogP contribution in [0.4, 0.5) is 4.79 Å². The third-order valence-corrected chi connectivity index (χ3v) is 16.0. The molecule has 0 radical (unpaired) electrons. The average molecular weight is 460 g/mol. The number of carbonyl (C=O) groups is 1. The van der Waals surface area contributed by atoms with E-state index in [1.54, 1.807) is 0 Å². The van der Waals surface area contributed by atoms with Gasteiger partial charge in [-0.1, -0.05) is 41.5 Å². The Bertz CT molecular complexity index is 585. The maximum Gasteiger partial charge on any atom is 0.410 e. The first-order valence-electron chi connectivity index (χ1n) is 11.5. The largest absolute Gasteiger partial charge is 0.444 e. The molecule has 7 heteroatoms. The molecule has 1 saturated heterocycles. The molecular weight excluding hydrogens is 410 g/mol. The second-order valence-electron chi connectivity index (χ2n) is 12.9. The number of hydrogen-bond acceptors (Lipinski definition) is 4. The van der Waals surface area contributed by atoms with Crippen LogP contribution in [0.3, 0.4) is 0 Å². The van der Waals surface area contributed by atoms with Gasteiger partial charge in [0.05, 0.1) is 12.6 Å². The fraction of sp³-hybridized carbons (Fsp3) is 0.957. The molecule has 0 aromatic carbocycles. The van der Waals surface area contributed by atoms with Gasteiger partial charge in [0.15, 0.2) is 16.6 Å². The molecule has 1 amide bonds. The van der Waals surface area contributed by atoms with Gasteiger partial charge in [-0.25, -0.2) is 4.79 Å². The zero-order valence-electron chi connectivity index (χ0n) is 22.1. The van der Waals surface area contributed by atoms with Crippen molar-refractivity contribution >= 4 is 22.7 Å². The summed E-state index contributed by atoms with van der Waals surface area (Å²) in [6.45, 7) is 29.6. The molecule has 0 bridgehead atoms. The molecule has 0 spiro atoms. The van der Waals surface area contributed by atoms with E-state index in [-0.39, 0.29) is 28.3 Å². The lowest BCUT2D eigenvalue weighted by Gasteiger charge is -2.46. The van der Waals surface area contributed by atoms with Crippen molar-refractivity contribution in [2.24, 2.45) is 0 Å². The van der Waals surface area contributed by atoms with Crippen LogP contribution in [0.25, 0.3) is 0 Å². The van der Waals surface area contributed by atoms with Crippen molar-refractivity contribution in [3.8, 4) is 0 Å². The lowest BCUT2D eigenvalue weighted by Crippen LogP contribution is -2.55. The van der Waals surface area contributed by atoms with Gasteiger partial charge in [0.2, 0.25) is 0 Å². The minimum atomic E-state index is -1.91. The monoisotopic (exact) mass is 459 g/mol. The third-order valence-electron chi connectivity index (χ3n) is 7.01. The summed E-state index contributed by atoms with van der Waals surface area (Å²) in [6.07, 6.45) is 1.58. The molecule has 0 aromatic heterocycles. The molecule has 1 rings (SSSR count). The highest BCUT2D eigenvalue weighted by atomic mass is 28.4. The van der Waals surface area contributed by atoms with Crippen LogP contribution in [0, 0.1) is 0 Å². The minimum absolute atomic E-state index is 0.0162. The van der Waals surface area contributed by atoms with Crippen molar-refractivity contribution in [1.29, 1.82) is 0 Å². The topological polar surface area (TPSA) is 48.0 Å². The van der Waals surface area contributed by atoms with Gasteiger partial charge in [-0.05, 0) is 69.9 Å².